The average Bonchev–Trinajstić information content (AvgIpc) is 2.54. The summed E-state index contributed by atoms with van der Waals surface area (Å²) in [7, 11) is 0. The van der Waals surface area contributed by atoms with Crippen LogP contribution < -0.4 is 10.6 Å². The number of nitrogens with zero attached hydrogens (tertiary/aromatic N) is 1. The molecule has 2 atom stereocenters. The smallest absolute Gasteiger partial charge is 0.293 e. The lowest BCUT2D eigenvalue weighted by molar-refractivity contribution is -0.119. The van der Waals surface area contributed by atoms with E-state index >= 15 is 0 Å². The Hall–Kier alpha value is -2.48. The molecule has 1 saturated heterocycles. The van der Waals surface area contributed by atoms with Gasteiger partial charge in [0.2, 0.25) is 5.76 Å². The van der Waals surface area contributed by atoms with Crippen molar-refractivity contribution in [2.24, 2.45) is 0 Å². The van der Waals surface area contributed by atoms with E-state index in [4.69, 9.17) is 10.1 Å². The number of hydrogen-bond acceptors (Lipinski definition) is 5. The summed E-state index contributed by atoms with van der Waals surface area (Å²) in [6, 6.07) is 2.79. The first kappa shape index (κ1) is 16.4. The van der Waals surface area contributed by atoms with Gasteiger partial charge in [-0.1, -0.05) is 0 Å². The third-order valence-electron chi connectivity index (χ3n) is 4.13. The lowest BCUT2D eigenvalue weighted by atomic mass is 10.0. The predicted molar refractivity (Wildman–Crippen MR) is 84.7 cm³/mol. The molecule has 8 heteroatoms. The van der Waals surface area contributed by atoms with Crippen LogP contribution in [0.1, 0.15) is 6.92 Å². The number of halogens is 2. The van der Waals surface area contributed by atoms with Crippen molar-refractivity contribution in [2.45, 2.75) is 19.1 Å². The molecule has 0 bridgehead atoms. The van der Waals surface area contributed by atoms with E-state index in [1.807, 2.05) is 11.8 Å². The fourth-order valence-corrected chi connectivity index (χ4v) is 3.03. The number of nitrogens with one attached hydrogen (secondary N) is 3. The fourth-order valence-electron chi connectivity index (χ4n) is 3.03. The van der Waals surface area contributed by atoms with Gasteiger partial charge in [0.15, 0.2) is 0 Å². The van der Waals surface area contributed by atoms with Crippen LogP contribution in [0.25, 0.3) is 0 Å². The Morgan fingerprint density at radius 3 is 2.79 bits per heavy atom. The van der Waals surface area contributed by atoms with Gasteiger partial charge in [0.1, 0.15) is 23.4 Å². The number of benzene rings is 1. The van der Waals surface area contributed by atoms with E-state index in [-0.39, 0.29) is 23.6 Å². The first-order valence-corrected chi connectivity index (χ1v) is 7.66. The maximum absolute atomic E-state index is 13.3. The number of anilines is 1. The SMILES string of the molecule is CC1OC(C(=O)Nc2cc(F)cc(F)c2)=C(C=N)N2CCNCC12. The minimum Gasteiger partial charge on any atom is -0.481 e. The van der Waals surface area contributed by atoms with Crippen LogP contribution in [0.3, 0.4) is 0 Å². The Morgan fingerprint density at radius 1 is 1.42 bits per heavy atom. The second-order valence-corrected chi connectivity index (χ2v) is 5.76. The summed E-state index contributed by atoms with van der Waals surface area (Å²) >= 11 is 0. The molecule has 2 aliphatic rings. The van der Waals surface area contributed by atoms with E-state index < -0.39 is 17.5 Å². The third-order valence-corrected chi connectivity index (χ3v) is 4.13. The van der Waals surface area contributed by atoms with Crippen molar-refractivity contribution in [2.75, 3.05) is 25.0 Å². The molecule has 1 aromatic rings. The molecular weight excluding hydrogens is 318 g/mol. The number of rotatable bonds is 3. The van der Waals surface area contributed by atoms with E-state index in [0.29, 0.717) is 18.8 Å². The Balaban J connectivity index is 1.89. The van der Waals surface area contributed by atoms with Crippen molar-refractivity contribution < 1.29 is 18.3 Å². The minimum atomic E-state index is -0.786. The molecule has 24 heavy (non-hydrogen) atoms. The summed E-state index contributed by atoms with van der Waals surface area (Å²) in [5.41, 5.74) is 0.363. The molecule has 1 fully saturated rings. The molecule has 1 aromatic carbocycles. The Bertz CT molecular complexity index is 687. The predicted octanol–water partition coefficient (Wildman–Crippen LogP) is 1.46. The molecule has 1 amide bonds. The molecule has 0 radical (unpaired) electrons. The van der Waals surface area contributed by atoms with Crippen LogP contribution in [-0.2, 0) is 9.53 Å². The number of carbonyl (C=O) groups is 1. The van der Waals surface area contributed by atoms with E-state index in [1.165, 1.54) is 0 Å². The van der Waals surface area contributed by atoms with Gasteiger partial charge in [-0.15, -0.1) is 0 Å². The van der Waals surface area contributed by atoms with Gasteiger partial charge in [-0.25, -0.2) is 8.78 Å². The second kappa shape index (κ2) is 6.56. The summed E-state index contributed by atoms with van der Waals surface area (Å²) in [6.45, 7) is 3.93. The van der Waals surface area contributed by atoms with Crippen LogP contribution in [0.4, 0.5) is 14.5 Å². The molecule has 0 saturated carbocycles. The number of hydrogen-bond donors (Lipinski definition) is 3. The number of carbonyl (C=O) groups excluding carboxylic acids is 1. The first-order valence-electron chi connectivity index (χ1n) is 7.66. The highest BCUT2D eigenvalue weighted by Gasteiger charge is 2.38. The van der Waals surface area contributed by atoms with Crippen LogP contribution in [0.2, 0.25) is 0 Å². The summed E-state index contributed by atoms with van der Waals surface area (Å²) in [4.78, 5) is 14.5. The van der Waals surface area contributed by atoms with Crippen molar-refractivity contribution >= 4 is 17.8 Å². The van der Waals surface area contributed by atoms with Gasteiger partial charge in [-0.3, -0.25) is 4.79 Å². The summed E-state index contributed by atoms with van der Waals surface area (Å²) < 4.78 is 32.2. The normalized spacial score (nSPS) is 23.4. The van der Waals surface area contributed by atoms with Crippen molar-refractivity contribution in [3.63, 3.8) is 0 Å². The number of amides is 1. The third kappa shape index (κ3) is 3.09. The zero-order valence-electron chi connectivity index (χ0n) is 13.1. The molecule has 3 rings (SSSR count). The Kier molecular flexibility index (Phi) is 4.48. The van der Waals surface area contributed by atoms with Crippen LogP contribution in [0.5, 0.6) is 0 Å². The number of fused-ring (bicyclic) bond motifs is 1. The lowest BCUT2D eigenvalue weighted by Crippen LogP contribution is -2.58. The quantitative estimate of drug-likeness (QED) is 0.731. The van der Waals surface area contributed by atoms with Crippen molar-refractivity contribution in [1.29, 1.82) is 5.41 Å². The van der Waals surface area contributed by atoms with Gasteiger partial charge >= 0.3 is 0 Å². The Labute approximate surface area is 138 Å². The zero-order chi connectivity index (χ0) is 17.3. The van der Waals surface area contributed by atoms with Gasteiger partial charge in [0, 0.05) is 37.6 Å². The van der Waals surface area contributed by atoms with Crippen LogP contribution in [0.15, 0.2) is 29.7 Å². The number of allylic oxidation sites excluding steroid dienone is 1. The van der Waals surface area contributed by atoms with Crippen LogP contribution >= 0.6 is 0 Å². The van der Waals surface area contributed by atoms with E-state index in [2.05, 4.69) is 10.6 Å². The zero-order valence-corrected chi connectivity index (χ0v) is 13.1. The molecule has 2 heterocycles. The highest BCUT2D eigenvalue weighted by Crippen LogP contribution is 2.27. The average molecular weight is 336 g/mol. The maximum Gasteiger partial charge on any atom is 0.293 e. The molecule has 0 aliphatic carbocycles. The maximum atomic E-state index is 13.3. The van der Waals surface area contributed by atoms with Gasteiger partial charge in [0.25, 0.3) is 5.91 Å². The number of ether oxygens (including phenoxy) is 1. The van der Waals surface area contributed by atoms with E-state index in [1.54, 1.807) is 0 Å². The number of piperazine rings is 1. The molecule has 2 aliphatic heterocycles. The molecule has 6 nitrogen and oxygen atoms in total. The van der Waals surface area contributed by atoms with Gasteiger partial charge in [0.05, 0.1) is 6.04 Å². The molecule has 0 aromatic heterocycles. The second-order valence-electron chi connectivity index (χ2n) is 5.76. The standard InChI is InChI=1S/C16H18F2N4O2/c1-9-14-8-20-2-3-22(14)13(7-19)15(24-9)16(23)21-12-5-10(17)4-11(18)6-12/h4-7,9,14,19-20H,2-3,8H2,1H3,(H,21,23). The van der Waals surface area contributed by atoms with Gasteiger partial charge in [-0.2, -0.15) is 0 Å². The lowest BCUT2D eigenvalue weighted by Gasteiger charge is -2.45. The van der Waals surface area contributed by atoms with E-state index in [9.17, 15) is 13.6 Å². The molecule has 2 unspecified atom stereocenters. The van der Waals surface area contributed by atoms with Crippen molar-refractivity contribution in [1.82, 2.24) is 10.2 Å². The van der Waals surface area contributed by atoms with Gasteiger partial charge in [-0.05, 0) is 19.1 Å². The molecule has 3 N–H and O–H groups in total. The highest BCUT2D eigenvalue weighted by atomic mass is 19.1. The van der Waals surface area contributed by atoms with Crippen LogP contribution in [0, 0.1) is 17.0 Å². The largest absolute Gasteiger partial charge is 0.481 e. The highest BCUT2D eigenvalue weighted by molar-refractivity contribution is 6.05. The summed E-state index contributed by atoms with van der Waals surface area (Å²) in [5.74, 6) is -2.22. The minimum absolute atomic E-state index is 0.00646. The summed E-state index contributed by atoms with van der Waals surface area (Å²) in [6.07, 6.45) is 0.817. The van der Waals surface area contributed by atoms with E-state index in [0.717, 1.165) is 31.0 Å². The van der Waals surface area contributed by atoms with Crippen LogP contribution in [-0.4, -0.2) is 48.8 Å². The molecular formula is C16H18F2N4O2. The topological polar surface area (TPSA) is 77.5 Å². The molecule has 0 spiro atoms. The molecule has 128 valence electrons. The first-order chi connectivity index (χ1) is 11.5. The Morgan fingerprint density at radius 2 is 2.12 bits per heavy atom. The van der Waals surface area contributed by atoms with Gasteiger partial charge < -0.3 is 25.7 Å². The van der Waals surface area contributed by atoms with Crippen molar-refractivity contribution in [3.05, 3.63) is 41.3 Å². The summed E-state index contributed by atoms with van der Waals surface area (Å²) in [5, 5.41) is 13.3. The fraction of sp³-hybridized carbons (Fsp3) is 0.375. The monoisotopic (exact) mass is 336 g/mol. The van der Waals surface area contributed by atoms with Crippen molar-refractivity contribution in [3.8, 4) is 0 Å².